The van der Waals surface area contributed by atoms with Gasteiger partial charge in [0.05, 0.1) is 12.5 Å². The summed E-state index contributed by atoms with van der Waals surface area (Å²) in [5.74, 6) is -3.71. The van der Waals surface area contributed by atoms with Crippen LogP contribution in [-0.2, 0) is 4.79 Å². The van der Waals surface area contributed by atoms with Gasteiger partial charge in [-0.15, -0.1) is 11.8 Å². The Morgan fingerprint density at radius 1 is 1.37 bits per heavy atom. The van der Waals surface area contributed by atoms with Gasteiger partial charge in [-0.1, -0.05) is 19.4 Å². The number of aromatic nitrogens is 1. The number of halogens is 2. The van der Waals surface area contributed by atoms with Gasteiger partial charge in [0.15, 0.2) is 17.4 Å². The third-order valence-electron chi connectivity index (χ3n) is 4.63. The second kappa shape index (κ2) is 8.69. The van der Waals surface area contributed by atoms with E-state index in [-0.39, 0.29) is 13.0 Å². The summed E-state index contributed by atoms with van der Waals surface area (Å²) in [5.41, 5.74) is 1.10. The van der Waals surface area contributed by atoms with Crippen molar-refractivity contribution in [3.63, 3.8) is 0 Å². The summed E-state index contributed by atoms with van der Waals surface area (Å²) < 4.78 is 34.1. The molecule has 2 aromatic rings. The molecule has 1 atom stereocenters. The third kappa shape index (κ3) is 4.77. The zero-order valence-electron chi connectivity index (χ0n) is 15.0. The van der Waals surface area contributed by atoms with Crippen LogP contribution in [0.1, 0.15) is 32.6 Å². The Balaban J connectivity index is 1.77. The van der Waals surface area contributed by atoms with Crippen molar-refractivity contribution >= 4 is 17.7 Å². The zero-order chi connectivity index (χ0) is 19.4. The number of thioether (sulfide) groups is 1. The highest BCUT2D eigenvalue weighted by molar-refractivity contribution is 8.00. The van der Waals surface area contributed by atoms with Gasteiger partial charge in [0.2, 0.25) is 0 Å². The molecule has 1 heterocycles. The molecule has 7 heteroatoms. The van der Waals surface area contributed by atoms with Gasteiger partial charge in [-0.25, -0.2) is 13.8 Å². The van der Waals surface area contributed by atoms with Gasteiger partial charge in [-0.3, -0.25) is 4.79 Å². The molecule has 3 rings (SSSR count). The van der Waals surface area contributed by atoms with Crippen LogP contribution in [-0.4, -0.2) is 27.9 Å². The molecular weight excluding hydrogens is 372 g/mol. The lowest BCUT2D eigenvalue weighted by Crippen LogP contribution is -2.14. The minimum absolute atomic E-state index is 0.0731. The molecule has 1 N–H and O–H groups in total. The molecule has 144 valence electrons. The monoisotopic (exact) mass is 393 g/mol. The summed E-state index contributed by atoms with van der Waals surface area (Å²) in [4.78, 5) is 15.2. The van der Waals surface area contributed by atoms with Crippen LogP contribution in [0.25, 0.3) is 11.1 Å². The lowest BCUT2D eigenvalue weighted by Gasteiger charge is -2.25. The number of hydrogen-bond donors (Lipinski definition) is 1. The third-order valence-corrected chi connectivity index (χ3v) is 5.98. The lowest BCUT2D eigenvalue weighted by molar-refractivity contribution is -0.141. The number of pyridine rings is 1. The Morgan fingerprint density at radius 2 is 2.07 bits per heavy atom. The van der Waals surface area contributed by atoms with Crippen molar-refractivity contribution in [2.24, 2.45) is 5.92 Å². The van der Waals surface area contributed by atoms with Crippen molar-refractivity contribution in [1.82, 2.24) is 4.98 Å². The van der Waals surface area contributed by atoms with Gasteiger partial charge in [-0.2, -0.15) is 0 Å². The first-order chi connectivity index (χ1) is 13.0. The summed E-state index contributed by atoms with van der Waals surface area (Å²) >= 11 is 1.64. The number of hydrogen-bond acceptors (Lipinski definition) is 4. The Morgan fingerprint density at radius 3 is 2.67 bits per heavy atom. The molecule has 1 aliphatic rings. The van der Waals surface area contributed by atoms with Crippen molar-refractivity contribution in [1.29, 1.82) is 0 Å². The fourth-order valence-corrected chi connectivity index (χ4v) is 3.98. The Hall–Kier alpha value is -2.15. The first-order valence-electron chi connectivity index (χ1n) is 8.92. The molecular formula is C20H21F2NO3S. The molecule has 1 aromatic carbocycles. The SMILES string of the molecule is CC(CCOc1c(F)cc(-c2cccnc2SC2CCC2)cc1F)C(=O)O. The number of nitrogens with zero attached hydrogens (tertiary/aromatic N) is 1. The normalized spacial score (nSPS) is 15.2. The highest BCUT2D eigenvalue weighted by Gasteiger charge is 2.22. The average molecular weight is 393 g/mol. The second-order valence-corrected chi connectivity index (χ2v) is 7.96. The molecule has 1 unspecified atom stereocenters. The molecule has 0 amide bonds. The largest absolute Gasteiger partial charge is 0.488 e. The molecule has 0 radical (unpaired) electrons. The van der Waals surface area contributed by atoms with E-state index in [0.29, 0.717) is 16.4 Å². The van der Waals surface area contributed by atoms with Crippen LogP contribution in [0.15, 0.2) is 35.5 Å². The summed E-state index contributed by atoms with van der Waals surface area (Å²) in [5, 5.41) is 10.1. The van der Waals surface area contributed by atoms with Crippen molar-refractivity contribution in [3.8, 4) is 16.9 Å². The van der Waals surface area contributed by atoms with E-state index in [1.807, 2.05) is 0 Å². The van der Waals surface area contributed by atoms with E-state index < -0.39 is 29.3 Å². The number of rotatable bonds is 8. The summed E-state index contributed by atoms with van der Waals surface area (Å²) in [6, 6.07) is 6.02. The van der Waals surface area contributed by atoms with Crippen LogP contribution >= 0.6 is 11.8 Å². The van der Waals surface area contributed by atoms with Crippen LogP contribution in [0, 0.1) is 17.6 Å². The molecule has 27 heavy (non-hydrogen) atoms. The molecule has 4 nitrogen and oxygen atoms in total. The van der Waals surface area contributed by atoms with Crippen molar-refractivity contribution in [3.05, 3.63) is 42.1 Å². The summed E-state index contributed by atoms with van der Waals surface area (Å²) in [7, 11) is 0. The fraction of sp³-hybridized carbons (Fsp3) is 0.400. The molecule has 1 fully saturated rings. The van der Waals surface area contributed by atoms with Crippen LogP contribution < -0.4 is 4.74 Å². The molecule has 0 aliphatic heterocycles. The van der Waals surface area contributed by atoms with E-state index in [9.17, 15) is 13.6 Å². The van der Waals surface area contributed by atoms with E-state index in [1.54, 1.807) is 30.1 Å². The van der Waals surface area contributed by atoms with E-state index in [1.165, 1.54) is 25.5 Å². The zero-order valence-corrected chi connectivity index (χ0v) is 15.8. The van der Waals surface area contributed by atoms with E-state index in [0.717, 1.165) is 17.9 Å². The van der Waals surface area contributed by atoms with Crippen LogP contribution in [0.5, 0.6) is 5.75 Å². The average Bonchev–Trinajstić information content (AvgIpc) is 2.60. The first kappa shape index (κ1) is 19.6. The predicted molar refractivity (Wildman–Crippen MR) is 100.0 cm³/mol. The van der Waals surface area contributed by atoms with Crippen molar-refractivity contribution < 1.29 is 23.4 Å². The number of carboxylic acids is 1. The number of ether oxygens (including phenoxy) is 1. The predicted octanol–water partition coefficient (Wildman–Crippen LogP) is 5.16. The van der Waals surface area contributed by atoms with Crippen molar-refractivity contribution in [2.45, 2.75) is 42.9 Å². The van der Waals surface area contributed by atoms with Crippen LogP contribution in [0.2, 0.25) is 0 Å². The van der Waals surface area contributed by atoms with E-state index in [2.05, 4.69) is 4.98 Å². The van der Waals surface area contributed by atoms with Gasteiger partial charge in [0, 0.05) is 17.0 Å². The Bertz CT molecular complexity index is 804. The fourth-order valence-electron chi connectivity index (χ4n) is 2.67. The molecule has 1 aliphatic carbocycles. The highest BCUT2D eigenvalue weighted by atomic mass is 32.2. The smallest absolute Gasteiger partial charge is 0.306 e. The van der Waals surface area contributed by atoms with Gasteiger partial charge in [0.25, 0.3) is 0 Å². The van der Waals surface area contributed by atoms with Gasteiger partial charge in [0.1, 0.15) is 5.03 Å². The molecule has 0 spiro atoms. The number of carboxylic acid groups (broad SMARTS) is 1. The first-order valence-corrected chi connectivity index (χ1v) is 9.80. The Kier molecular flexibility index (Phi) is 6.31. The maximum absolute atomic E-state index is 14.4. The highest BCUT2D eigenvalue weighted by Crippen LogP contribution is 2.40. The van der Waals surface area contributed by atoms with E-state index in [4.69, 9.17) is 9.84 Å². The summed E-state index contributed by atoms with van der Waals surface area (Å²) in [6.45, 7) is 1.45. The van der Waals surface area contributed by atoms with Gasteiger partial charge in [-0.05, 0) is 43.0 Å². The van der Waals surface area contributed by atoms with Gasteiger partial charge >= 0.3 is 5.97 Å². The summed E-state index contributed by atoms with van der Waals surface area (Å²) in [6.07, 6.45) is 5.31. The number of carbonyl (C=O) groups is 1. The van der Waals surface area contributed by atoms with Gasteiger partial charge < -0.3 is 9.84 Å². The minimum Gasteiger partial charge on any atom is -0.488 e. The second-order valence-electron chi connectivity index (χ2n) is 6.67. The van der Waals surface area contributed by atoms with Crippen molar-refractivity contribution in [2.75, 3.05) is 6.61 Å². The van der Waals surface area contributed by atoms with E-state index >= 15 is 0 Å². The standard InChI is InChI=1S/C20H21F2NO3S/c1-12(20(24)25)7-9-26-18-16(21)10-13(11-17(18)22)15-6-3-8-23-19(15)27-14-4-2-5-14/h3,6,8,10-12,14H,2,4-5,7,9H2,1H3,(H,24,25). The molecule has 1 saturated carbocycles. The molecule has 0 saturated heterocycles. The topological polar surface area (TPSA) is 59.4 Å². The van der Waals surface area contributed by atoms with Crippen LogP contribution in [0.4, 0.5) is 8.78 Å². The molecule has 0 bridgehead atoms. The molecule has 1 aromatic heterocycles. The number of aliphatic carboxylic acids is 1. The quantitative estimate of drug-likeness (QED) is 0.671. The van der Waals surface area contributed by atoms with Crippen LogP contribution in [0.3, 0.4) is 0 Å². The Labute approximate surface area is 161 Å². The minimum atomic E-state index is -0.969. The lowest BCUT2D eigenvalue weighted by atomic mass is 10.00. The number of benzene rings is 1. The maximum atomic E-state index is 14.4. The maximum Gasteiger partial charge on any atom is 0.306 e.